The zero-order chi connectivity index (χ0) is 29.6. The van der Waals surface area contributed by atoms with Crippen LogP contribution in [0.5, 0.6) is 0 Å². The van der Waals surface area contributed by atoms with Gasteiger partial charge in [0.05, 0.1) is 56.2 Å². The van der Waals surface area contributed by atoms with E-state index in [1.54, 1.807) is 36.8 Å². The minimum Gasteiger partial charge on any atom is -0.472 e. The van der Waals surface area contributed by atoms with Gasteiger partial charge in [0.2, 0.25) is 0 Å². The predicted octanol–water partition coefficient (Wildman–Crippen LogP) is 5.07. The fraction of sp³-hybridized carbons (Fsp3) is 0.588. The van der Waals surface area contributed by atoms with Gasteiger partial charge in [0.15, 0.2) is 0 Å². The fourth-order valence-corrected chi connectivity index (χ4v) is 10.1. The Morgan fingerprint density at radius 1 is 1.10 bits per heavy atom. The second kappa shape index (κ2) is 9.53. The molecule has 0 radical (unpaired) electrons. The van der Waals surface area contributed by atoms with Crippen LogP contribution in [-0.4, -0.2) is 61.3 Å². The van der Waals surface area contributed by atoms with Gasteiger partial charge in [-0.15, -0.1) is 0 Å². The number of hydrogen-bond acceptors (Lipinski definition) is 8. The molecule has 0 bridgehead atoms. The van der Waals surface area contributed by atoms with E-state index in [1.165, 1.54) is 18.3 Å². The summed E-state index contributed by atoms with van der Waals surface area (Å²) in [5.74, 6) is -1.11. The zero-order valence-electron chi connectivity index (χ0n) is 24.9. The van der Waals surface area contributed by atoms with Gasteiger partial charge in [-0.25, -0.2) is 4.79 Å². The van der Waals surface area contributed by atoms with Crippen molar-refractivity contribution in [3.63, 3.8) is 0 Å². The Balaban J connectivity index is 1.39. The van der Waals surface area contributed by atoms with Crippen molar-refractivity contribution in [2.24, 2.45) is 28.1 Å². The van der Waals surface area contributed by atoms with E-state index in [2.05, 4.69) is 27.7 Å². The highest BCUT2D eigenvalue weighted by molar-refractivity contribution is 5.89. The molecule has 1 N–H and O–H groups in total. The number of aliphatic hydroxyl groups is 1. The Morgan fingerprint density at radius 2 is 1.86 bits per heavy atom. The number of allylic oxidation sites excluding steroid dienone is 1. The van der Waals surface area contributed by atoms with Crippen LogP contribution in [0.3, 0.4) is 0 Å². The van der Waals surface area contributed by atoms with Crippen molar-refractivity contribution in [2.75, 3.05) is 13.7 Å². The van der Waals surface area contributed by atoms with Crippen molar-refractivity contribution in [1.82, 2.24) is 0 Å². The van der Waals surface area contributed by atoms with Gasteiger partial charge in [-0.2, -0.15) is 0 Å². The number of aliphatic hydroxyl groups excluding tert-OH is 1. The maximum absolute atomic E-state index is 13.5. The number of methoxy groups -OCH3 is 1. The van der Waals surface area contributed by atoms with Crippen LogP contribution >= 0.6 is 0 Å². The summed E-state index contributed by atoms with van der Waals surface area (Å²) in [5, 5.41) is 11.6. The first-order chi connectivity index (χ1) is 20.0. The maximum atomic E-state index is 13.5. The van der Waals surface area contributed by atoms with Crippen LogP contribution in [0, 0.1) is 28.1 Å². The minimum atomic E-state index is -0.746. The van der Waals surface area contributed by atoms with E-state index in [4.69, 9.17) is 23.4 Å². The molecule has 1 aromatic heterocycles. The molecular weight excluding hydrogens is 536 g/mol. The van der Waals surface area contributed by atoms with Crippen molar-refractivity contribution in [3.05, 3.63) is 71.2 Å². The molecule has 0 spiro atoms. The first-order valence-electron chi connectivity index (χ1n) is 15.1. The average molecular weight is 577 g/mol. The number of benzene rings is 1. The van der Waals surface area contributed by atoms with Crippen molar-refractivity contribution in [2.45, 2.75) is 83.4 Å². The summed E-state index contributed by atoms with van der Waals surface area (Å²) in [6.45, 7) is 8.98. The van der Waals surface area contributed by atoms with E-state index in [9.17, 15) is 14.7 Å². The lowest BCUT2D eigenvalue weighted by molar-refractivity contribution is -0.242. The second-order valence-electron chi connectivity index (χ2n) is 13.7. The summed E-state index contributed by atoms with van der Waals surface area (Å²) in [6.07, 6.45) is 2.51. The third kappa shape index (κ3) is 3.58. The Kier molecular flexibility index (Phi) is 6.32. The molecule has 2 saturated carbocycles. The number of furan rings is 1. The Hall–Kier alpha value is -2.94. The molecule has 3 heterocycles. The number of hydrogen-bond donors (Lipinski definition) is 1. The van der Waals surface area contributed by atoms with E-state index in [1.807, 2.05) is 12.1 Å². The van der Waals surface area contributed by atoms with Crippen LogP contribution in [0.15, 0.2) is 64.5 Å². The van der Waals surface area contributed by atoms with Gasteiger partial charge >= 0.3 is 11.9 Å². The van der Waals surface area contributed by atoms with Gasteiger partial charge in [0.1, 0.15) is 6.10 Å². The molecule has 224 valence electrons. The van der Waals surface area contributed by atoms with E-state index in [0.717, 1.165) is 12.0 Å². The second-order valence-corrected chi connectivity index (χ2v) is 13.7. The molecule has 3 aliphatic carbocycles. The van der Waals surface area contributed by atoms with Crippen LogP contribution in [0.25, 0.3) is 0 Å². The third-order valence-electron chi connectivity index (χ3n) is 12.0. The first kappa shape index (κ1) is 27.9. The van der Waals surface area contributed by atoms with Crippen LogP contribution < -0.4 is 0 Å². The van der Waals surface area contributed by atoms with Gasteiger partial charge < -0.3 is 28.5 Å². The molecule has 2 aromatic rings. The topological polar surface area (TPSA) is 104 Å². The molecule has 11 atom stereocenters. The molecule has 7 rings (SSSR count). The standard InChI is InChI=1S/C34H40O8/c1-18-21(20-11-12-39-16-20)13-22-27(18)34(4)23(14-26(36)38-5)33(3)25(42-31(37)19-9-7-6-8-10-19)15-24(35)32(2)17-40-28(29(32)33)30(34)41-22/h6-12,16,21-25,28-30,35H,13-15,17H2,1-5H3/t21-,22-,23-,24-,25+,28-,29+,30-,32-,33+,34-/m1/s1. The third-order valence-corrected chi connectivity index (χ3v) is 12.0. The SMILES string of the molecule is COC(=O)C[C@H]1[C@]2(C)C3=C(C)[C@H](c4ccoc4)C[C@H]3O[C@@H]2[C@@H]2OC[C@]3(C)[C@H](O)C[C@H](OC(=O)c4ccccc4)[C@@]1(C)[C@@H]23. The highest BCUT2D eigenvalue weighted by Crippen LogP contribution is 2.73. The largest absolute Gasteiger partial charge is 0.472 e. The lowest BCUT2D eigenvalue weighted by atomic mass is 9.40. The maximum Gasteiger partial charge on any atom is 0.338 e. The normalized spacial score (nSPS) is 43.5. The molecule has 8 heteroatoms. The van der Waals surface area contributed by atoms with E-state index in [0.29, 0.717) is 12.2 Å². The number of rotatable bonds is 5. The molecule has 5 aliphatic rings. The van der Waals surface area contributed by atoms with E-state index in [-0.39, 0.29) is 54.9 Å². The molecule has 8 nitrogen and oxygen atoms in total. The monoisotopic (exact) mass is 576 g/mol. The summed E-state index contributed by atoms with van der Waals surface area (Å²) in [6, 6.07) is 10.9. The first-order valence-corrected chi connectivity index (χ1v) is 15.1. The molecule has 42 heavy (non-hydrogen) atoms. The van der Waals surface area contributed by atoms with Gasteiger partial charge in [0, 0.05) is 40.9 Å². The van der Waals surface area contributed by atoms with E-state index >= 15 is 0 Å². The van der Waals surface area contributed by atoms with Crippen LogP contribution in [0.4, 0.5) is 0 Å². The van der Waals surface area contributed by atoms with Crippen LogP contribution in [0.2, 0.25) is 0 Å². The smallest absolute Gasteiger partial charge is 0.338 e. The molecule has 2 saturated heterocycles. The summed E-state index contributed by atoms with van der Waals surface area (Å²) < 4.78 is 30.7. The number of carbonyl (C=O) groups excluding carboxylic acids is 2. The Morgan fingerprint density at radius 3 is 2.55 bits per heavy atom. The van der Waals surface area contributed by atoms with Crippen LogP contribution in [0.1, 0.15) is 68.8 Å². The predicted molar refractivity (Wildman–Crippen MR) is 151 cm³/mol. The molecule has 0 amide bonds. The highest BCUT2D eigenvalue weighted by Gasteiger charge is 2.78. The van der Waals surface area contributed by atoms with Crippen molar-refractivity contribution >= 4 is 11.9 Å². The molecule has 0 unspecified atom stereocenters. The molecule has 4 fully saturated rings. The van der Waals surface area contributed by atoms with Crippen LogP contribution in [-0.2, 0) is 23.7 Å². The number of carbonyl (C=O) groups is 2. The summed E-state index contributed by atoms with van der Waals surface area (Å²) >= 11 is 0. The minimum absolute atomic E-state index is 0.130. The summed E-state index contributed by atoms with van der Waals surface area (Å²) in [5.41, 5.74) is 2.10. The Labute approximate surface area is 246 Å². The number of esters is 2. The molecule has 1 aromatic carbocycles. The number of ether oxygens (including phenoxy) is 4. The van der Waals surface area contributed by atoms with Gasteiger partial charge in [-0.3, -0.25) is 4.79 Å². The van der Waals surface area contributed by atoms with Crippen molar-refractivity contribution < 1.29 is 38.1 Å². The Bertz CT molecular complexity index is 1420. The van der Waals surface area contributed by atoms with Gasteiger partial charge in [-0.05, 0) is 48.6 Å². The summed E-state index contributed by atoms with van der Waals surface area (Å²) in [7, 11) is 1.42. The average Bonchev–Trinajstić information content (AvgIpc) is 3.75. The molecular formula is C34H40O8. The quantitative estimate of drug-likeness (QED) is 0.389. The van der Waals surface area contributed by atoms with Gasteiger partial charge in [0.25, 0.3) is 0 Å². The lowest BCUT2D eigenvalue weighted by Gasteiger charge is -2.65. The summed E-state index contributed by atoms with van der Waals surface area (Å²) in [4.78, 5) is 26.8. The van der Waals surface area contributed by atoms with E-state index < -0.39 is 34.4 Å². The van der Waals surface area contributed by atoms with Gasteiger partial charge in [-0.1, -0.05) is 44.5 Å². The fourth-order valence-electron chi connectivity index (χ4n) is 10.1. The van der Waals surface area contributed by atoms with Crippen molar-refractivity contribution in [3.8, 4) is 0 Å². The highest BCUT2D eigenvalue weighted by atomic mass is 16.6. The molecule has 2 aliphatic heterocycles. The number of fused-ring (bicyclic) bond motifs is 4. The van der Waals surface area contributed by atoms with Crippen molar-refractivity contribution in [1.29, 1.82) is 0 Å². The zero-order valence-corrected chi connectivity index (χ0v) is 24.9. The lowest BCUT2D eigenvalue weighted by Crippen LogP contribution is -2.70.